The van der Waals surface area contributed by atoms with Crippen LogP contribution in [0.3, 0.4) is 0 Å². The molecule has 0 aliphatic carbocycles. The number of Topliss-reactive ketones (excluding diaryl/α,β-unsaturated/α-hetero) is 1. The number of anilines is 1. The number of para-hydroxylation sites is 1. The van der Waals surface area contributed by atoms with Crippen molar-refractivity contribution in [3.8, 4) is 5.75 Å². The Labute approximate surface area is 152 Å². The Bertz CT molecular complexity index is 889. The lowest BCUT2D eigenvalue weighted by Gasteiger charge is -2.23. The minimum absolute atomic E-state index is 0.297. The molecule has 3 rings (SSSR count). The number of hydrogen-bond donors (Lipinski definition) is 1. The number of benzene rings is 2. The van der Waals surface area contributed by atoms with Crippen LogP contribution in [0.4, 0.5) is 5.69 Å². The van der Waals surface area contributed by atoms with E-state index in [2.05, 4.69) is 6.58 Å². The van der Waals surface area contributed by atoms with Crippen molar-refractivity contribution in [2.45, 2.75) is 18.9 Å². The summed E-state index contributed by atoms with van der Waals surface area (Å²) < 4.78 is 5.14. The fourth-order valence-corrected chi connectivity index (χ4v) is 3.24. The summed E-state index contributed by atoms with van der Waals surface area (Å²) in [5.74, 6) is -0.283. The predicted octanol–water partition coefficient (Wildman–Crippen LogP) is 3.08. The van der Waals surface area contributed by atoms with Crippen LogP contribution in [0.25, 0.3) is 0 Å². The molecule has 1 aliphatic rings. The zero-order chi connectivity index (χ0) is 18.9. The summed E-state index contributed by atoms with van der Waals surface area (Å²) >= 11 is 0. The summed E-state index contributed by atoms with van der Waals surface area (Å²) in [4.78, 5) is 27.2. The van der Waals surface area contributed by atoms with Crippen LogP contribution >= 0.6 is 0 Å². The molecule has 0 fully saturated rings. The highest BCUT2D eigenvalue weighted by atomic mass is 16.5. The lowest BCUT2D eigenvalue weighted by molar-refractivity contribution is -0.135. The largest absolute Gasteiger partial charge is 0.497 e. The maximum Gasteiger partial charge on any atom is 0.264 e. The van der Waals surface area contributed by atoms with Crippen molar-refractivity contribution in [2.24, 2.45) is 0 Å². The SMILES string of the molecule is C=C(C)CN1C(=O)C(O)(CC(=O)c2cccc(OC)c2)c2ccccc21. The number of rotatable bonds is 6. The van der Waals surface area contributed by atoms with Crippen LogP contribution < -0.4 is 9.64 Å². The molecular formula is C21H21NO4. The molecule has 5 nitrogen and oxygen atoms in total. The summed E-state index contributed by atoms with van der Waals surface area (Å²) in [5, 5.41) is 11.2. The van der Waals surface area contributed by atoms with Gasteiger partial charge in [-0.2, -0.15) is 0 Å². The molecule has 26 heavy (non-hydrogen) atoms. The smallest absolute Gasteiger partial charge is 0.264 e. The fraction of sp³-hybridized carbons (Fsp3) is 0.238. The molecule has 1 unspecified atom stereocenters. The maximum absolute atomic E-state index is 13.0. The molecule has 1 heterocycles. The molecule has 5 heteroatoms. The van der Waals surface area contributed by atoms with E-state index in [-0.39, 0.29) is 12.2 Å². The second kappa shape index (κ2) is 6.77. The zero-order valence-corrected chi connectivity index (χ0v) is 14.9. The Hall–Kier alpha value is -2.92. The lowest BCUT2D eigenvalue weighted by Crippen LogP contribution is -2.42. The molecule has 0 saturated heterocycles. The van der Waals surface area contributed by atoms with E-state index in [1.165, 1.54) is 12.0 Å². The van der Waals surface area contributed by atoms with Gasteiger partial charge in [0.25, 0.3) is 5.91 Å². The number of nitrogens with zero attached hydrogens (tertiary/aromatic N) is 1. The van der Waals surface area contributed by atoms with E-state index in [0.29, 0.717) is 29.1 Å². The van der Waals surface area contributed by atoms with E-state index in [4.69, 9.17) is 4.74 Å². The Morgan fingerprint density at radius 1 is 1.23 bits per heavy atom. The van der Waals surface area contributed by atoms with Gasteiger partial charge in [0, 0.05) is 17.7 Å². The highest BCUT2D eigenvalue weighted by Gasteiger charge is 2.50. The Kier molecular flexibility index (Phi) is 4.66. The molecule has 0 aromatic heterocycles. The number of carbonyl (C=O) groups is 2. The normalized spacial score (nSPS) is 18.6. The third-order valence-corrected chi connectivity index (χ3v) is 4.48. The van der Waals surface area contributed by atoms with Gasteiger partial charge >= 0.3 is 0 Å². The van der Waals surface area contributed by atoms with E-state index in [9.17, 15) is 14.7 Å². The van der Waals surface area contributed by atoms with E-state index in [1.54, 1.807) is 48.5 Å². The standard InChI is InChI=1S/C21H21NO4/c1-14(2)13-22-18-10-5-4-9-17(18)21(25,20(22)24)12-19(23)15-7-6-8-16(11-15)26-3/h4-11,25H,1,12-13H2,2-3H3. The van der Waals surface area contributed by atoms with Gasteiger partial charge in [-0.05, 0) is 25.1 Å². The van der Waals surface area contributed by atoms with Crippen LogP contribution in [-0.2, 0) is 10.4 Å². The minimum Gasteiger partial charge on any atom is -0.497 e. The third kappa shape index (κ3) is 3.02. The molecule has 0 saturated carbocycles. The van der Waals surface area contributed by atoms with Crippen molar-refractivity contribution in [3.63, 3.8) is 0 Å². The zero-order valence-electron chi connectivity index (χ0n) is 14.9. The van der Waals surface area contributed by atoms with E-state index in [1.807, 2.05) is 6.92 Å². The first-order valence-corrected chi connectivity index (χ1v) is 8.32. The van der Waals surface area contributed by atoms with Gasteiger partial charge in [0.05, 0.1) is 19.2 Å². The molecule has 1 aliphatic heterocycles. The average Bonchev–Trinajstić information content (AvgIpc) is 2.83. The number of carbonyl (C=O) groups excluding carboxylic acids is 2. The first-order valence-electron chi connectivity index (χ1n) is 8.32. The van der Waals surface area contributed by atoms with Crippen LogP contribution in [0, 0.1) is 0 Å². The fourth-order valence-electron chi connectivity index (χ4n) is 3.24. The minimum atomic E-state index is -1.88. The molecular weight excluding hydrogens is 330 g/mol. The molecule has 0 spiro atoms. The third-order valence-electron chi connectivity index (χ3n) is 4.48. The molecule has 1 N–H and O–H groups in total. The van der Waals surface area contributed by atoms with Gasteiger partial charge in [-0.1, -0.05) is 42.5 Å². The Morgan fingerprint density at radius 3 is 2.65 bits per heavy atom. The quantitative estimate of drug-likeness (QED) is 0.642. The van der Waals surface area contributed by atoms with Crippen LogP contribution in [-0.4, -0.2) is 30.5 Å². The molecule has 1 atom stereocenters. The van der Waals surface area contributed by atoms with E-state index < -0.39 is 11.5 Å². The van der Waals surface area contributed by atoms with Gasteiger partial charge in [-0.25, -0.2) is 0 Å². The first-order chi connectivity index (χ1) is 12.4. The number of methoxy groups -OCH3 is 1. The number of aliphatic hydroxyl groups is 1. The van der Waals surface area contributed by atoms with Crippen molar-refractivity contribution in [3.05, 3.63) is 71.8 Å². The summed E-state index contributed by atoms with van der Waals surface area (Å²) in [5.41, 5.74) is 0.355. The summed E-state index contributed by atoms with van der Waals surface area (Å²) in [7, 11) is 1.52. The molecule has 2 aromatic rings. The summed E-state index contributed by atoms with van der Waals surface area (Å²) in [6.45, 7) is 5.96. The lowest BCUT2D eigenvalue weighted by atomic mass is 9.88. The molecule has 134 valence electrons. The van der Waals surface area contributed by atoms with Crippen molar-refractivity contribution >= 4 is 17.4 Å². The highest BCUT2D eigenvalue weighted by Crippen LogP contribution is 2.43. The van der Waals surface area contributed by atoms with E-state index >= 15 is 0 Å². The van der Waals surface area contributed by atoms with Gasteiger partial charge in [0.15, 0.2) is 11.4 Å². The number of ketones is 1. The predicted molar refractivity (Wildman–Crippen MR) is 99.4 cm³/mol. The van der Waals surface area contributed by atoms with Crippen LogP contribution in [0.15, 0.2) is 60.7 Å². The van der Waals surface area contributed by atoms with Crippen LogP contribution in [0.5, 0.6) is 5.75 Å². The van der Waals surface area contributed by atoms with Crippen molar-refractivity contribution in [2.75, 3.05) is 18.6 Å². The summed E-state index contributed by atoms with van der Waals surface area (Å²) in [6.07, 6.45) is -0.331. The van der Waals surface area contributed by atoms with Crippen molar-refractivity contribution in [1.29, 1.82) is 0 Å². The van der Waals surface area contributed by atoms with E-state index in [0.717, 1.165) is 5.57 Å². The molecule has 1 amide bonds. The van der Waals surface area contributed by atoms with Crippen LogP contribution in [0.2, 0.25) is 0 Å². The average molecular weight is 351 g/mol. The number of hydrogen-bond acceptors (Lipinski definition) is 4. The second-order valence-electron chi connectivity index (χ2n) is 6.56. The van der Waals surface area contributed by atoms with Gasteiger partial charge in [-0.15, -0.1) is 0 Å². The maximum atomic E-state index is 13.0. The monoisotopic (exact) mass is 351 g/mol. The number of fused-ring (bicyclic) bond motifs is 1. The van der Waals surface area contributed by atoms with Crippen molar-refractivity contribution in [1.82, 2.24) is 0 Å². The molecule has 0 radical (unpaired) electrons. The first kappa shape index (κ1) is 17.9. The number of amides is 1. The Morgan fingerprint density at radius 2 is 1.96 bits per heavy atom. The summed E-state index contributed by atoms with van der Waals surface area (Å²) in [6, 6.07) is 13.7. The van der Waals surface area contributed by atoms with Crippen molar-refractivity contribution < 1.29 is 19.4 Å². The van der Waals surface area contributed by atoms with Crippen LogP contribution in [0.1, 0.15) is 29.3 Å². The van der Waals surface area contributed by atoms with Gasteiger partial charge in [-0.3, -0.25) is 9.59 Å². The second-order valence-corrected chi connectivity index (χ2v) is 6.56. The Balaban J connectivity index is 1.96. The van der Waals surface area contributed by atoms with Gasteiger partial charge in [0.2, 0.25) is 0 Å². The van der Waals surface area contributed by atoms with Gasteiger partial charge in [0.1, 0.15) is 5.75 Å². The molecule has 0 bridgehead atoms. The highest BCUT2D eigenvalue weighted by molar-refractivity contribution is 6.11. The topological polar surface area (TPSA) is 66.8 Å². The molecule has 2 aromatic carbocycles. The number of ether oxygens (including phenoxy) is 1. The van der Waals surface area contributed by atoms with Gasteiger partial charge < -0.3 is 14.7 Å².